The predicted octanol–water partition coefficient (Wildman–Crippen LogP) is 5.38. The average Bonchev–Trinajstić information content (AvgIpc) is 3.19. The number of carbonyl (C=O) groups is 1. The van der Waals surface area contributed by atoms with Crippen LogP contribution in [0.5, 0.6) is 11.5 Å². The van der Waals surface area contributed by atoms with Crippen LogP contribution in [0.4, 0.5) is 5.13 Å². The topological polar surface area (TPSA) is 73.3 Å². The minimum Gasteiger partial charge on any atom is -0.493 e. The molecule has 0 saturated heterocycles. The van der Waals surface area contributed by atoms with E-state index in [1.165, 1.54) is 17.4 Å². The molecule has 0 unspecified atom stereocenters. The first kappa shape index (κ1) is 21.8. The lowest BCUT2D eigenvalue weighted by Crippen LogP contribution is -2.07. The van der Waals surface area contributed by atoms with Gasteiger partial charge in [-0.3, -0.25) is 10.1 Å². The highest BCUT2D eigenvalue weighted by Gasteiger charge is 2.07. The average molecular weight is 444 g/mol. The van der Waals surface area contributed by atoms with Gasteiger partial charge < -0.3 is 9.47 Å². The number of aryl methyl sites for hydroxylation is 1. The molecule has 0 fully saturated rings. The van der Waals surface area contributed by atoms with Crippen LogP contribution in [0.1, 0.15) is 29.5 Å². The molecule has 156 valence electrons. The Hall–Kier alpha value is -2.90. The predicted molar refractivity (Wildman–Crippen MR) is 120 cm³/mol. The van der Waals surface area contributed by atoms with Crippen molar-refractivity contribution in [1.82, 2.24) is 10.2 Å². The number of methoxy groups -OCH3 is 1. The number of anilines is 1. The molecule has 8 heteroatoms. The van der Waals surface area contributed by atoms with Crippen molar-refractivity contribution in [2.75, 3.05) is 12.4 Å². The van der Waals surface area contributed by atoms with Crippen molar-refractivity contribution in [2.24, 2.45) is 0 Å². The summed E-state index contributed by atoms with van der Waals surface area (Å²) in [6.45, 7) is 2.47. The van der Waals surface area contributed by atoms with Crippen LogP contribution in [0.25, 0.3) is 6.08 Å². The molecule has 0 saturated carbocycles. The SMILES string of the molecule is CCCc1nnc(NC(=O)C=Cc2ccc(OCc3ccc(Cl)cc3)c(OC)c2)s1. The zero-order valence-electron chi connectivity index (χ0n) is 16.7. The summed E-state index contributed by atoms with van der Waals surface area (Å²) >= 11 is 7.29. The van der Waals surface area contributed by atoms with Crippen LogP contribution < -0.4 is 14.8 Å². The molecular formula is C22H22ClN3O3S. The molecule has 0 spiro atoms. The molecule has 2 aromatic carbocycles. The van der Waals surface area contributed by atoms with Crippen LogP contribution in [0.2, 0.25) is 5.02 Å². The third-order valence-electron chi connectivity index (χ3n) is 4.08. The van der Waals surface area contributed by atoms with Crippen molar-refractivity contribution in [2.45, 2.75) is 26.4 Å². The quantitative estimate of drug-likeness (QED) is 0.449. The Morgan fingerprint density at radius 3 is 2.70 bits per heavy atom. The molecule has 0 aliphatic carbocycles. The van der Waals surface area contributed by atoms with Gasteiger partial charge in [0, 0.05) is 17.5 Å². The number of amides is 1. The van der Waals surface area contributed by atoms with Gasteiger partial charge in [0.05, 0.1) is 7.11 Å². The standard InChI is InChI=1S/C22H22ClN3O3S/c1-3-4-21-25-26-22(30-21)24-20(27)12-8-15-7-11-18(19(13-15)28-2)29-14-16-5-9-17(23)10-6-16/h5-13H,3-4,14H2,1-2H3,(H,24,26,27). The van der Waals surface area contributed by atoms with Crippen LogP contribution in [0.3, 0.4) is 0 Å². The molecule has 6 nitrogen and oxygen atoms in total. The zero-order chi connectivity index (χ0) is 21.3. The number of rotatable bonds is 9. The van der Waals surface area contributed by atoms with Gasteiger partial charge in [-0.15, -0.1) is 10.2 Å². The van der Waals surface area contributed by atoms with Crippen molar-refractivity contribution >= 4 is 40.1 Å². The number of carbonyl (C=O) groups excluding carboxylic acids is 1. The molecule has 1 aromatic heterocycles. The van der Waals surface area contributed by atoms with E-state index in [4.69, 9.17) is 21.1 Å². The Bertz CT molecular complexity index is 1020. The first-order valence-corrected chi connectivity index (χ1v) is 10.6. The van der Waals surface area contributed by atoms with Crippen LogP contribution >= 0.6 is 22.9 Å². The van der Waals surface area contributed by atoms with Gasteiger partial charge in [0.1, 0.15) is 11.6 Å². The maximum atomic E-state index is 12.1. The van der Waals surface area contributed by atoms with Crippen LogP contribution in [-0.2, 0) is 17.8 Å². The molecule has 0 aliphatic heterocycles. The van der Waals surface area contributed by atoms with Gasteiger partial charge in [0.25, 0.3) is 0 Å². The summed E-state index contributed by atoms with van der Waals surface area (Å²) in [6, 6.07) is 12.9. The summed E-state index contributed by atoms with van der Waals surface area (Å²) in [5, 5.41) is 12.8. The lowest BCUT2D eigenvalue weighted by atomic mass is 10.2. The van der Waals surface area contributed by atoms with E-state index < -0.39 is 0 Å². The third-order valence-corrected chi connectivity index (χ3v) is 5.23. The monoisotopic (exact) mass is 443 g/mol. The fourth-order valence-corrected chi connectivity index (χ4v) is 3.56. The number of aromatic nitrogens is 2. The summed E-state index contributed by atoms with van der Waals surface area (Å²) < 4.78 is 11.3. The molecule has 30 heavy (non-hydrogen) atoms. The number of hydrogen-bond donors (Lipinski definition) is 1. The smallest absolute Gasteiger partial charge is 0.250 e. The Morgan fingerprint density at radius 2 is 1.97 bits per heavy atom. The van der Waals surface area contributed by atoms with Crippen molar-refractivity contribution in [3.63, 3.8) is 0 Å². The molecule has 1 amide bonds. The normalized spacial score (nSPS) is 10.9. The fraction of sp³-hybridized carbons (Fsp3) is 0.227. The second-order valence-corrected chi connectivity index (χ2v) is 7.90. The van der Waals surface area contributed by atoms with Gasteiger partial charge >= 0.3 is 0 Å². The lowest BCUT2D eigenvalue weighted by molar-refractivity contribution is -0.111. The van der Waals surface area contributed by atoms with Gasteiger partial charge in [0.15, 0.2) is 11.5 Å². The number of ether oxygens (including phenoxy) is 2. The first-order chi connectivity index (χ1) is 14.6. The van der Waals surface area contributed by atoms with Crippen molar-refractivity contribution < 1.29 is 14.3 Å². The highest BCUT2D eigenvalue weighted by atomic mass is 35.5. The van der Waals surface area contributed by atoms with E-state index >= 15 is 0 Å². The van der Waals surface area contributed by atoms with Crippen LogP contribution in [-0.4, -0.2) is 23.2 Å². The Kier molecular flexibility index (Phi) is 7.82. The summed E-state index contributed by atoms with van der Waals surface area (Å²) in [5.74, 6) is 0.933. The van der Waals surface area contributed by atoms with Crippen LogP contribution in [0, 0.1) is 0 Å². The van der Waals surface area contributed by atoms with E-state index in [0.29, 0.717) is 28.3 Å². The molecule has 3 aromatic rings. The van der Waals surface area contributed by atoms with Crippen LogP contribution in [0.15, 0.2) is 48.5 Å². The minimum absolute atomic E-state index is 0.267. The van der Waals surface area contributed by atoms with Gasteiger partial charge in [-0.05, 0) is 47.9 Å². The van der Waals surface area contributed by atoms with Gasteiger partial charge in [-0.25, -0.2) is 0 Å². The molecule has 1 N–H and O–H groups in total. The third kappa shape index (κ3) is 6.30. The molecule has 0 bridgehead atoms. The molecule has 3 rings (SSSR count). The number of halogens is 1. The van der Waals surface area contributed by atoms with E-state index in [2.05, 4.69) is 22.4 Å². The maximum Gasteiger partial charge on any atom is 0.250 e. The largest absolute Gasteiger partial charge is 0.493 e. The Labute approximate surface area is 184 Å². The molecule has 1 heterocycles. The first-order valence-electron chi connectivity index (χ1n) is 9.44. The highest BCUT2D eigenvalue weighted by Crippen LogP contribution is 2.29. The lowest BCUT2D eigenvalue weighted by Gasteiger charge is -2.11. The van der Waals surface area contributed by atoms with Crippen molar-refractivity contribution in [3.8, 4) is 11.5 Å². The van der Waals surface area contributed by atoms with E-state index in [-0.39, 0.29) is 5.91 Å². The van der Waals surface area contributed by atoms with Crippen molar-refractivity contribution in [1.29, 1.82) is 0 Å². The van der Waals surface area contributed by atoms with E-state index in [1.54, 1.807) is 13.2 Å². The fourth-order valence-electron chi connectivity index (χ4n) is 2.59. The summed E-state index contributed by atoms with van der Waals surface area (Å²) in [5.41, 5.74) is 1.81. The van der Waals surface area contributed by atoms with Gasteiger partial charge in [0.2, 0.25) is 11.0 Å². The Morgan fingerprint density at radius 1 is 1.17 bits per heavy atom. The number of nitrogens with one attached hydrogen (secondary N) is 1. The number of nitrogens with zero attached hydrogens (tertiary/aromatic N) is 2. The Balaban J connectivity index is 1.60. The molecule has 0 aliphatic rings. The number of benzene rings is 2. The van der Waals surface area contributed by atoms with Gasteiger partial charge in [-0.1, -0.05) is 48.1 Å². The summed E-state index contributed by atoms with van der Waals surface area (Å²) in [4.78, 5) is 12.1. The zero-order valence-corrected chi connectivity index (χ0v) is 18.3. The molecular weight excluding hydrogens is 422 g/mol. The molecule has 0 radical (unpaired) electrons. The molecule has 0 atom stereocenters. The highest BCUT2D eigenvalue weighted by molar-refractivity contribution is 7.15. The summed E-state index contributed by atoms with van der Waals surface area (Å²) in [6.07, 6.45) is 5.00. The maximum absolute atomic E-state index is 12.1. The van der Waals surface area contributed by atoms with Gasteiger partial charge in [-0.2, -0.15) is 0 Å². The second-order valence-electron chi connectivity index (χ2n) is 6.40. The van der Waals surface area contributed by atoms with E-state index in [1.807, 2.05) is 42.5 Å². The summed E-state index contributed by atoms with van der Waals surface area (Å²) in [7, 11) is 1.58. The van der Waals surface area contributed by atoms with E-state index in [0.717, 1.165) is 29.0 Å². The minimum atomic E-state index is -0.267. The van der Waals surface area contributed by atoms with E-state index in [9.17, 15) is 4.79 Å². The number of hydrogen-bond acceptors (Lipinski definition) is 6. The second kappa shape index (κ2) is 10.8. The van der Waals surface area contributed by atoms with Crippen molar-refractivity contribution in [3.05, 3.63) is 69.7 Å².